The smallest absolute Gasteiger partial charge is 0.290 e. The van der Waals surface area contributed by atoms with E-state index < -0.39 is 0 Å². The summed E-state index contributed by atoms with van der Waals surface area (Å²) in [6.07, 6.45) is 2.34. The molecular formula is C12H18ClNO2. The van der Waals surface area contributed by atoms with Gasteiger partial charge in [-0.25, -0.2) is 0 Å². The van der Waals surface area contributed by atoms with Crippen LogP contribution in [0.15, 0.2) is 16.7 Å². The number of carbonyl (C=O) groups excluding carboxylic acids is 1. The van der Waals surface area contributed by atoms with Crippen molar-refractivity contribution in [2.75, 3.05) is 12.4 Å². The normalized spacial score (nSPS) is 10.8. The molecule has 0 unspecified atom stereocenters. The van der Waals surface area contributed by atoms with Crippen molar-refractivity contribution in [2.45, 2.75) is 33.2 Å². The maximum Gasteiger partial charge on any atom is 0.290 e. The van der Waals surface area contributed by atoms with E-state index >= 15 is 0 Å². The first kappa shape index (κ1) is 13.1. The highest BCUT2D eigenvalue weighted by Gasteiger charge is 2.22. The minimum atomic E-state index is -0.0531. The molecule has 0 saturated carbocycles. The second kappa shape index (κ2) is 5.94. The molecule has 0 spiro atoms. The first-order valence-corrected chi connectivity index (χ1v) is 6.02. The first-order chi connectivity index (χ1) is 7.57. The molecule has 0 aliphatic rings. The molecule has 16 heavy (non-hydrogen) atoms. The van der Waals surface area contributed by atoms with E-state index in [0.717, 1.165) is 12.0 Å². The largest absolute Gasteiger partial charge is 0.459 e. The number of alkyl halides is 1. The molecule has 3 nitrogen and oxygen atoms in total. The van der Waals surface area contributed by atoms with Gasteiger partial charge in [0.25, 0.3) is 5.91 Å². The van der Waals surface area contributed by atoms with Crippen molar-refractivity contribution in [3.63, 3.8) is 0 Å². The molecule has 0 radical (unpaired) electrons. The summed E-state index contributed by atoms with van der Waals surface area (Å²) in [5.74, 6) is 0.944. The molecule has 4 heteroatoms. The molecule has 1 rings (SSSR count). The number of halogens is 1. The Morgan fingerprint density at radius 2 is 2.25 bits per heavy atom. The number of rotatable bonds is 5. The lowest BCUT2D eigenvalue weighted by Crippen LogP contribution is -2.38. The van der Waals surface area contributed by atoms with Crippen LogP contribution in [-0.4, -0.2) is 29.3 Å². The summed E-state index contributed by atoms with van der Waals surface area (Å²) < 4.78 is 5.21. The van der Waals surface area contributed by atoms with Crippen LogP contribution in [0.2, 0.25) is 0 Å². The predicted octanol–water partition coefficient (Wildman–Crippen LogP) is 3.07. The summed E-state index contributed by atoms with van der Waals surface area (Å²) in [4.78, 5) is 13.9. The number of nitrogens with zero attached hydrogens (tertiary/aromatic N) is 1. The standard InChI is InChI=1S/C12H18ClNO2/c1-9(2)14(7-4-6-13)12(15)11-10(3)5-8-16-11/h5,8-9H,4,6-7H2,1-3H3. The van der Waals surface area contributed by atoms with Crippen molar-refractivity contribution in [1.29, 1.82) is 0 Å². The molecule has 0 saturated heterocycles. The van der Waals surface area contributed by atoms with Crippen molar-refractivity contribution in [3.8, 4) is 0 Å². The molecule has 0 aliphatic heterocycles. The zero-order valence-electron chi connectivity index (χ0n) is 10.00. The van der Waals surface area contributed by atoms with Gasteiger partial charge in [-0.05, 0) is 33.3 Å². The first-order valence-electron chi connectivity index (χ1n) is 5.49. The molecule has 0 atom stereocenters. The SMILES string of the molecule is Cc1ccoc1C(=O)N(CCCCl)C(C)C. The zero-order chi connectivity index (χ0) is 12.1. The maximum absolute atomic E-state index is 12.2. The van der Waals surface area contributed by atoms with Crippen molar-refractivity contribution in [3.05, 3.63) is 23.7 Å². The monoisotopic (exact) mass is 243 g/mol. The second-order valence-electron chi connectivity index (χ2n) is 4.07. The van der Waals surface area contributed by atoms with Gasteiger partial charge in [-0.15, -0.1) is 11.6 Å². The second-order valence-corrected chi connectivity index (χ2v) is 4.45. The van der Waals surface area contributed by atoms with Gasteiger partial charge < -0.3 is 9.32 Å². The molecule has 0 bridgehead atoms. The Hall–Kier alpha value is -0.960. The van der Waals surface area contributed by atoms with Crippen molar-refractivity contribution < 1.29 is 9.21 Å². The summed E-state index contributed by atoms with van der Waals surface area (Å²) >= 11 is 5.65. The Kier molecular flexibility index (Phi) is 4.87. The topological polar surface area (TPSA) is 33.5 Å². The Balaban J connectivity index is 2.79. The third-order valence-electron chi connectivity index (χ3n) is 2.47. The highest BCUT2D eigenvalue weighted by Crippen LogP contribution is 2.14. The summed E-state index contributed by atoms with van der Waals surface area (Å²) in [7, 11) is 0. The van der Waals surface area contributed by atoms with E-state index in [4.69, 9.17) is 16.0 Å². The molecule has 0 aromatic carbocycles. The number of aryl methyl sites for hydroxylation is 1. The van der Waals surface area contributed by atoms with Crippen LogP contribution >= 0.6 is 11.6 Å². The minimum absolute atomic E-state index is 0.0531. The quantitative estimate of drug-likeness (QED) is 0.745. The fraction of sp³-hybridized carbons (Fsp3) is 0.583. The third kappa shape index (κ3) is 3.01. The Morgan fingerprint density at radius 3 is 2.69 bits per heavy atom. The van der Waals surface area contributed by atoms with Crippen LogP contribution in [-0.2, 0) is 0 Å². The van der Waals surface area contributed by atoms with E-state index in [9.17, 15) is 4.79 Å². The molecular weight excluding hydrogens is 226 g/mol. The van der Waals surface area contributed by atoms with Crippen LogP contribution in [0, 0.1) is 6.92 Å². The van der Waals surface area contributed by atoms with E-state index in [0.29, 0.717) is 18.2 Å². The van der Waals surface area contributed by atoms with Crippen LogP contribution < -0.4 is 0 Å². The van der Waals surface area contributed by atoms with E-state index in [1.807, 2.05) is 20.8 Å². The lowest BCUT2D eigenvalue weighted by atomic mass is 10.2. The van der Waals surface area contributed by atoms with Gasteiger partial charge in [-0.3, -0.25) is 4.79 Å². The van der Waals surface area contributed by atoms with Crippen LogP contribution in [0.4, 0.5) is 0 Å². The fourth-order valence-corrected chi connectivity index (χ4v) is 1.67. The van der Waals surface area contributed by atoms with E-state index in [1.165, 1.54) is 0 Å². The van der Waals surface area contributed by atoms with Crippen LogP contribution in [0.1, 0.15) is 36.4 Å². The summed E-state index contributed by atoms with van der Waals surface area (Å²) in [5, 5.41) is 0. The molecule has 1 heterocycles. The average molecular weight is 244 g/mol. The lowest BCUT2D eigenvalue weighted by Gasteiger charge is -2.25. The molecule has 1 aromatic heterocycles. The van der Waals surface area contributed by atoms with Crippen molar-refractivity contribution >= 4 is 17.5 Å². The van der Waals surface area contributed by atoms with Gasteiger partial charge in [0.1, 0.15) is 0 Å². The fourth-order valence-electron chi connectivity index (χ4n) is 1.55. The minimum Gasteiger partial charge on any atom is -0.459 e. The van der Waals surface area contributed by atoms with Crippen LogP contribution in [0.5, 0.6) is 0 Å². The zero-order valence-corrected chi connectivity index (χ0v) is 10.8. The number of furan rings is 1. The Bertz CT molecular complexity index is 347. The molecule has 90 valence electrons. The number of amides is 1. The van der Waals surface area contributed by atoms with E-state index in [-0.39, 0.29) is 11.9 Å². The summed E-state index contributed by atoms with van der Waals surface area (Å²) in [6.45, 7) is 6.52. The van der Waals surface area contributed by atoms with E-state index in [2.05, 4.69) is 0 Å². The van der Waals surface area contributed by atoms with Gasteiger partial charge in [-0.1, -0.05) is 0 Å². The average Bonchev–Trinajstić information content (AvgIpc) is 2.64. The predicted molar refractivity (Wildman–Crippen MR) is 65.0 cm³/mol. The number of hydrogen-bond donors (Lipinski definition) is 0. The number of carbonyl (C=O) groups is 1. The Labute approximate surface area is 101 Å². The number of hydrogen-bond acceptors (Lipinski definition) is 2. The molecule has 0 N–H and O–H groups in total. The third-order valence-corrected chi connectivity index (χ3v) is 2.74. The highest BCUT2D eigenvalue weighted by atomic mass is 35.5. The molecule has 1 amide bonds. The van der Waals surface area contributed by atoms with Gasteiger partial charge in [-0.2, -0.15) is 0 Å². The van der Waals surface area contributed by atoms with Gasteiger partial charge in [0.05, 0.1) is 6.26 Å². The van der Waals surface area contributed by atoms with Crippen LogP contribution in [0.25, 0.3) is 0 Å². The maximum atomic E-state index is 12.2. The van der Waals surface area contributed by atoms with Gasteiger partial charge in [0.2, 0.25) is 0 Å². The molecule has 1 aromatic rings. The van der Waals surface area contributed by atoms with Gasteiger partial charge in [0, 0.05) is 24.0 Å². The van der Waals surface area contributed by atoms with Gasteiger partial charge in [0.15, 0.2) is 5.76 Å². The lowest BCUT2D eigenvalue weighted by molar-refractivity contribution is 0.0673. The van der Waals surface area contributed by atoms with Gasteiger partial charge >= 0.3 is 0 Å². The van der Waals surface area contributed by atoms with Crippen molar-refractivity contribution in [1.82, 2.24) is 4.90 Å². The van der Waals surface area contributed by atoms with Crippen LogP contribution in [0.3, 0.4) is 0 Å². The Morgan fingerprint density at radius 1 is 1.56 bits per heavy atom. The van der Waals surface area contributed by atoms with E-state index in [1.54, 1.807) is 17.2 Å². The summed E-state index contributed by atoms with van der Waals surface area (Å²) in [5.41, 5.74) is 0.876. The van der Waals surface area contributed by atoms with Crippen molar-refractivity contribution in [2.24, 2.45) is 0 Å². The summed E-state index contributed by atoms with van der Waals surface area (Å²) in [6, 6.07) is 1.95. The molecule has 0 aliphatic carbocycles. The highest BCUT2D eigenvalue weighted by molar-refractivity contribution is 6.17. The molecule has 0 fully saturated rings.